The second-order valence-electron chi connectivity index (χ2n) is 6.10. The first-order chi connectivity index (χ1) is 7.89. The first-order valence-corrected chi connectivity index (χ1v) is 6.00. The topological polar surface area (TPSA) is 41.1 Å². The summed E-state index contributed by atoms with van der Waals surface area (Å²) in [6.07, 6.45) is -4.37. The highest BCUT2D eigenvalue weighted by Gasteiger charge is 2.65. The molecule has 1 amide bonds. The van der Waals surface area contributed by atoms with Gasteiger partial charge in [0, 0.05) is 6.04 Å². The van der Waals surface area contributed by atoms with Gasteiger partial charge in [0.15, 0.2) is 0 Å². The Balaban J connectivity index is 2.43. The highest BCUT2D eigenvalue weighted by Crippen LogP contribution is 2.62. The van der Waals surface area contributed by atoms with Crippen LogP contribution in [0.15, 0.2) is 0 Å². The van der Waals surface area contributed by atoms with Crippen molar-refractivity contribution in [2.75, 3.05) is 6.54 Å². The number of rotatable bonds is 4. The molecule has 18 heavy (non-hydrogen) atoms. The van der Waals surface area contributed by atoms with Gasteiger partial charge in [-0.3, -0.25) is 4.79 Å². The summed E-state index contributed by atoms with van der Waals surface area (Å²) < 4.78 is 35.9. The van der Waals surface area contributed by atoms with Gasteiger partial charge in [-0.25, -0.2) is 0 Å². The van der Waals surface area contributed by atoms with E-state index in [1.807, 2.05) is 5.32 Å². The standard InChI is InChI=1S/C12H21F3N2O/c1-7(8(18)16-6-12(13,14)15)17-9-10(2,3)11(9,4)5/h7,9,17H,6H2,1-5H3,(H,16,18). The van der Waals surface area contributed by atoms with Crippen molar-refractivity contribution in [1.82, 2.24) is 10.6 Å². The highest BCUT2D eigenvalue weighted by atomic mass is 19.4. The van der Waals surface area contributed by atoms with E-state index in [0.717, 1.165) is 0 Å². The maximum atomic E-state index is 12.0. The number of nitrogens with one attached hydrogen (secondary N) is 2. The Bertz CT molecular complexity index is 323. The van der Waals surface area contributed by atoms with Crippen LogP contribution in [0.5, 0.6) is 0 Å². The third-order valence-electron chi connectivity index (χ3n) is 4.29. The predicted octanol–water partition coefficient (Wildman–Crippen LogP) is 2.08. The summed E-state index contributed by atoms with van der Waals surface area (Å²) in [7, 11) is 0. The van der Waals surface area contributed by atoms with Gasteiger partial charge in [0.1, 0.15) is 6.54 Å². The van der Waals surface area contributed by atoms with E-state index in [9.17, 15) is 18.0 Å². The van der Waals surface area contributed by atoms with Gasteiger partial charge in [-0.2, -0.15) is 13.2 Å². The van der Waals surface area contributed by atoms with Crippen LogP contribution in [0.3, 0.4) is 0 Å². The van der Waals surface area contributed by atoms with Crippen molar-refractivity contribution in [3.05, 3.63) is 0 Å². The molecule has 1 rings (SSSR count). The Morgan fingerprint density at radius 2 is 1.67 bits per heavy atom. The summed E-state index contributed by atoms with van der Waals surface area (Å²) in [6, 6.07) is -0.491. The molecule has 1 aliphatic carbocycles. The van der Waals surface area contributed by atoms with Gasteiger partial charge < -0.3 is 10.6 Å². The lowest BCUT2D eigenvalue weighted by Crippen LogP contribution is -2.47. The van der Waals surface area contributed by atoms with Crippen LogP contribution < -0.4 is 10.6 Å². The molecule has 0 heterocycles. The molecule has 106 valence electrons. The second-order valence-corrected chi connectivity index (χ2v) is 6.10. The Labute approximate surface area is 106 Å². The molecule has 0 aromatic carbocycles. The van der Waals surface area contributed by atoms with Gasteiger partial charge in [-0.15, -0.1) is 0 Å². The molecular weight excluding hydrogens is 245 g/mol. The Morgan fingerprint density at radius 1 is 1.22 bits per heavy atom. The van der Waals surface area contributed by atoms with Gasteiger partial charge in [0.25, 0.3) is 0 Å². The van der Waals surface area contributed by atoms with E-state index in [1.165, 1.54) is 0 Å². The van der Waals surface area contributed by atoms with E-state index in [0.29, 0.717) is 0 Å². The minimum atomic E-state index is -4.37. The van der Waals surface area contributed by atoms with Crippen molar-refractivity contribution in [2.24, 2.45) is 10.8 Å². The summed E-state index contributed by atoms with van der Waals surface area (Å²) in [5.41, 5.74) is 0.0944. The fraction of sp³-hybridized carbons (Fsp3) is 0.917. The SMILES string of the molecule is CC(NC1C(C)(C)C1(C)C)C(=O)NCC(F)(F)F. The van der Waals surface area contributed by atoms with Crippen LogP contribution in [0.4, 0.5) is 13.2 Å². The molecule has 0 aromatic rings. The number of halogens is 3. The zero-order valence-electron chi connectivity index (χ0n) is 11.4. The molecule has 0 radical (unpaired) electrons. The number of hydrogen-bond acceptors (Lipinski definition) is 2. The molecular formula is C12H21F3N2O. The molecule has 2 N–H and O–H groups in total. The molecule has 0 aliphatic heterocycles. The first-order valence-electron chi connectivity index (χ1n) is 6.00. The highest BCUT2D eigenvalue weighted by molar-refractivity contribution is 5.81. The number of carbonyl (C=O) groups excluding carboxylic acids is 1. The third kappa shape index (κ3) is 2.96. The molecule has 1 saturated carbocycles. The maximum absolute atomic E-state index is 12.0. The van der Waals surface area contributed by atoms with E-state index < -0.39 is 24.7 Å². The number of hydrogen-bond donors (Lipinski definition) is 2. The maximum Gasteiger partial charge on any atom is 0.405 e. The van der Waals surface area contributed by atoms with Gasteiger partial charge >= 0.3 is 6.18 Å². The smallest absolute Gasteiger partial charge is 0.346 e. The Morgan fingerprint density at radius 3 is 2.00 bits per heavy atom. The summed E-state index contributed by atoms with van der Waals surface area (Å²) in [5.74, 6) is -0.620. The van der Waals surface area contributed by atoms with Crippen molar-refractivity contribution in [2.45, 2.75) is 52.9 Å². The van der Waals surface area contributed by atoms with Crippen LogP contribution in [-0.2, 0) is 4.79 Å². The fourth-order valence-corrected chi connectivity index (χ4v) is 2.28. The van der Waals surface area contributed by atoms with Crippen LogP contribution >= 0.6 is 0 Å². The molecule has 1 atom stereocenters. The van der Waals surface area contributed by atoms with E-state index in [-0.39, 0.29) is 16.9 Å². The lowest BCUT2D eigenvalue weighted by Gasteiger charge is -2.16. The number of alkyl halides is 3. The van der Waals surface area contributed by atoms with Crippen molar-refractivity contribution >= 4 is 5.91 Å². The van der Waals surface area contributed by atoms with Gasteiger partial charge in [-0.1, -0.05) is 27.7 Å². The summed E-state index contributed by atoms with van der Waals surface area (Å²) >= 11 is 0. The van der Waals surface area contributed by atoms with Crippen LogP contribution in [0.2, 0.25) is 0 Å². The Kier molecular flexibility index (Phi) is 3.74. The van der Waals surface area contributed by atoms with Crippen LogP contribution in [-0.4, -0.2) is 30.7 Å². The van der Waals surface area contributed by atoms with Crippen molar-refractivity contribution < 1.29 is 18.0 Å². The lowest BCUT2D eigenvalue weighted by molar-refractivity contribution is -0.139. The molecule has 1 unspecified atom stereocenters. The van der Waals surface area contributed by atoms with E-state index in [4.69, 9.17) is 0 Å². The normalized spacial score (nSPS) is 23.6. The van der Waals surface area contributed by atoms with E-state index in [2.05, 4.69) is 33.0 Å². The molecule has 0 aromatic heterocycles. The van der Waals surface area contributed by atoms with Crippen molar-refractivity contribution in [3.8, 4) is 0 Å². The van der Waals surface area contributed by atoms with E-state index in [1.54, 1.807) is 6.92 Å². The Hall–Kier alpha value is -0.780. The van der Waals surface area contributed by atoms with Crippen LogP contribution in [0, 0.1) is 10.8 Å². The molecule has 0 saturated heterocycles. The summed E-state index contributed by atoms with van der Waals surface area (Å²) in [5, 5.41) is 4.97. The molecule has 0 bridgehead atoms. The number of amides is 1. The van der Waals surface area contributed by atoms with Crippen LogP contribution in [0.25, 0.3) is 0 Å². The second kappa shape index (κ2) is 4.40. The zero-order chi connectivity index (χ0) is 14.4. The average Bonchev–Trinajstić information content (AvgIpc) is 2.56. The fourth-order valence-electron chi connectivity index (χ4n) is 2.28. The van der Waals surface area contributed by atoms with Gasteiger partial charge in [-0.05, 0) is 17.8 Å². The largest absolute Gasteiger partial charge is 0.405 e. The zero-order valence-corrected chi connectivity index (χ0v) is 11.4. The summed E-state index contributed by atoms with van der Waals surface area (Å²) in [6.45, 7) is 8.59. The summed E-state index contributed by atoms with van der Waals surface area (Å²) in [4.78, 5) is 11.5. The van der Waals surface area contributed by atoms with Gasteiger partial charge in [0.05, 0.1) is 6.04 Å². The van der Waals surface area contributed by atoms with Gasteiger partial charge in [0.2, 0.25) is 5.91 Å². The van der Waals surface area contributed by atoms with E-state index >= 15 is 0 Å². The van der Waals surface area contributed by atoms with Crippen LogP contribution in [0.1, 0.15) is 34.6 Å². The van der Waals surface area contributed by atoms with Crippen molar-refractivity contribution in [1.29, 1.82) is 0 Å². The quantitative estimate of drug-likeness (QED) is 0.818. The molecule has 3 nitrogen and oxygen atoms in total. The first kappa shape index (κ1) is 15.3. The minimum Gasteiger partial charge on any atom is -0.346 e. The molecule has 1 fully saturated rings. The third-order valence-corrected chi connectivity index (χ3v) is 4.29. The average molecular weight is 266 g/mol. The van der Waals surface area contributed by atoms with Crippen molar-refractivity contribution in [3.63, 3.8) is 0 Å². The monoisotopic (exact) mass is 266 g/mol. The lowest BCUT2D eigenvalue weighted by atomic mass is 10.0. The molecule has 6 heteroatoms. The number of carbonyl (C=O) groups is 1. The molecule has 1 aliphatic rings. The molecule has 0 spiro atoms. The predicted molar refractivity (Wildman–Crippen MR) is 63.0 cm³/mol. The minimum absolute atomic E-state index is 0.0472.